The highest BCUT2D eigenvalue weighted by Gasteiger charge is 2.15. The Hall–Kier alpha value is -3.59. The molecule has 0 saturated carbocycles. The van der Waals surface area contributed by atoms with E-state index in [-0.39, 0.29) is 11.3 Å². The standard InChI is InChI=1S/C24H18O3/c1-27-24(26)23-16(9-6-12-22(23)25)13-14-21-19-10-4-2-7-17(19)15-18-8-3-5-11-20(18)21/h2-15,25H,1H3/b14-13+. The van der Waals surface area contributed by atoms with Gasteiger partial charge >= 0.3 is 5.97 Å². The summed E-state index contributed by atoms with van der Waals surface area (Å²) < 4.78 is 4.82. The fourth-order valence-electron chi connectivity index (χ4n) is 3.42. The van der Waals surface area contributed by atoms with E-state index < -0.39 is 5.97 Å². The van der Waals surface area contributed by atoms with Crippen LogP contribution in [0.1, 0.15) is 21.5 Å². The summed E-state index contributed by atoms with van der Waals surface area (Å²) in [5, 5.41) is 14.7. The van der Waals surface area contributed by atoms with Crippen LogP contribution in [0, 0.1) is 0 Å². The highest BCUT2D eigenvalue weighted by atomic mass is 16.5. The molecule has 0 spiro atoms. The van der Waals surface area contributed by atoms with Crippen molar-refractivity contribution in [3.05, 3.63) is 89.5 Å². The lowest BCUT2D eigenvalue weighted by Crippen LogP contribution is -2.03. The van der Waals surface area contributed by atoms with E-state index in [4.69, 9.17) is 4.74 Å². The summed E-state index contributed by atoms with van der Waals surface area (Å²) in [6.07, 6.45) is 3.84. The third-order valence-electron chi connectivity index (χ3n) is 4.71. The van der Waals surface area contributed by atoms with Crippen LogP contribution in [-0.4, -0.2) is 18.2 Å². The molecule has 0 fully saturated rings. The Morgan fingerprint density at radius 3 is 2.11 bits per heavy atom. The van der Waals surface area contributed by atoms with Crippen LogP contribution in [0.3, 0.4) is 0 Å². The topological polar surface area (TPSA) is 46.5 Å². The predicted octanol–water partition coefficient (Wildman–Crippen LogP) is 5.66. The van der Waals surface area contributed by atoms with Crippen LogP contribution in [0.4, 0.5) is 0 Å². The van der Waals surface area contributed by atoms with Gasteiger partial charge in [0.15, 0.2) is 0 Å². The fourth-order valence-corrected chi connectivity index (χ4v) is 3.42. The molecule has 3 nitrogen and oxygen atoms in total. The van der Waals surface area contributed by atoms with Crippen LogP contribution in [0.15, 0.2) is 72.8 Å². The number of aromatic hydroxyl groups is 1. The van der Waals surface area contributed by atoms with E-state index in [1.165, 1.54) is 13.2 Å². The van der Waals surface area contributed by atoms with Gasteiger partial charge in [0.1, 0.15) is 11.3 Å². The Morgan fingerprint density at radius 1 is 0.852 bits per heavy atom. The van der Waals surface area contributed by atoms with Gasteiger partial charge in [0, 0.05) is 0 Å². The van der Waals surface area contributed by atoms with Crippen LogP contribution >= 0.6 is 0 Å². The smallest absolute Gasteiger partial charge is 0.342 e. The molecule has 0 aliphatic carbocycles. The maximum absolute atomic E-state index is 12.1. The number of methoxy groups -OCH3 is 1. The maximum atomic E-state index is 12.1. The molecule has 132 valence electrons. The van der Waals surface area contributed by atoms with Crippen molar-refractivity contribution >= 4 is 39.7 Å². The molecule has 0 aliphatic rings. The molecule has 0 saturated heterocycles. The number of hydrogen-bond donors (Lipinski definition) is 1. The molecule has 0 heterocycles. The number of ether oxygens (including phenoxy) is 1. The summed E-state index contributed by atoms with van der Waals surface area (Å²) in [4.78, 5) is 12.1. The van der Waals surface area contributed by atoms with Gasteiger partial charge in [-0.2, -0.15) is 0 Å². The van der Waals surface area contributed by atoms with Crippen molar-refractivity contribution < 1.29 is 14.6 Å². The number of benzene rings is 4. The number of phenolic OH excluding ortho intramolecular Hbond substituents is 1. The second-order valence-electron chi connectivity index (χ2n) is 6.30. The molecule has 3 heteroatoms. The normalized spacial score (nSPS) is 11.3. The van der Waals surface area contributed by atoms with Gasteiger partial charge in [-0.15, -0.1) is 0 Å². The Labute approximate surface area is 157 Å². The van der Waals surface area contributed by atoms with Crippen LogP contribution in [0.5, 0.6) is 5.75 Å². The van der Waals surface area contributed by atoms with Crippen molar-refractivity contribution in [3.8, 4) is 5.75 Å². The first-order valence-electron chi connectivity index (χ1n) is 8.68. The third-order valence-corrected chi connectivity index (χ3v) is 4.71. The maximum Gasteiger partial charge on any atom is 0.342 e. The highest BCUT2D eigenvalue weighted by Crippen LogP contribution is 2.31. The van der Waals surface area contributed by atoms with E-state index in [0.29, 0.717) is 5.56 Å². The molecule has 0 bridgehead atoms. The van der Waals surface area contributed by atoms with Gasteiger partial charge in [-0.1, -0.05) is 72.8 Å². The summed E-state index contributed by atoms with van der Waals surface area (Å²) in [7, 11) is 1.31. The van der Waals surface area contributed by atoms with Crippen molar-refractivity contribution in [2.75, 3.05) is 7.11 Å². The molecule has 0 aliphatic heterocycles. The van der Waals surface area contributed by atoms with Gasteiger partial charge in [-0.05, 0) is 44.8 Å². The molecule has 1 N–H and O–H groups in total. The Morgan fingerprint density at radius 2 is 1.48 bits per heavy atom. The molecular weight excluding hydrogens is 336 g/mol. The number of phenols is 1. The number of fused-ring (bicyclic) bond motifs is 2. The number of carbonyl (C=O) groups is 1. The van der Waals surface area contributed by atoms with Crippen LogP contribution in [0.25, 0.3) is 33.7 Å². The van der Waals surface area contributed by atoms with E-state index in [1.54, 1.807) is 12.1 Å². The van der Waals surface area contributed by atoms with Crippen LogP contribution in [0.2, 0.25) is 0 Å². The third kappa shape index (κ3) is 3.04. The number of carbonyl (C=O) groups excluding carboxylic acids is 1. The van der Waals surface area contributed by atoms with E-state index in [2.05, 4.69) is 30.3 Å². The fraction of sp³-hybridized carbons (Fsp3) is 0.0417. The van der Waals surface area contributed by atoms with Gasteiger partial charge in [0.05, 0.1) is 7.11 Å². The van der Waals surface area contributed by atoms with Crippen molar-refractivity contribution in [3.63, 3.8) is 0 Å². The van der Waals surface area contributed by atoms with E-state index in [1.807, 2.05) is 36.4 Å². The van der Waals surface area contributed by atoms with E-state index in [9.17, 15) is 9.90 Å². The largest absolute Gasteiger partial charge is 0.507 e. The Kier molecular flexibility index (Phi) is 4.35. The molecule has 4 aromatic carbocycles. The van der Waals surface area contributed by atoms with Crippen molar-refractivity contribution in [1.82, 2.24) is 0 Å². The summed E-state index contributed by atoms with van der Waals surface area (Å²) in [5.74, 6) is -0.651. The van der Waals surface area contributed by atoms with Crippen molar-refractivity contribution in [2.24, 2.45) is 0 Å². The monoisotopic (exact) mass is 354 g/mol. The molecule has 0 amide bonds. The lowest BCUT2D eigenvalue weighted by Gasteiger charge is -2.09. The van der Waals surface area contributed by atoms with Gasteiger partial charge in [0.25, 0.3) is 0 Å². The molecular formula is C24H18O3. The number of esters is 1. The SMILES string of the molecule is COC(=O)c1c(O)cccc1/C=C/c1c2ccccc2cc2ccccc12. The zero-order valence-electron chi connectivity index (χ0n) is 14.8. The Balaban J connectivity index is 1.94. The second-order valence-corrected chi connectivity index (χ2v) is 6.30. The van der Waals surface area contributed by atoms with Gasteiger partial charge in [-0.25, -0.2) is 4.79 Å². The second kappa shape index (κ2) is 6.96. The minimum atomic E-state index is -0.560. The first kappa shape index (κ1) is 16.9. The minimum Gasteiger partial charge on any atom is -0.507 e. The lowest BCUT2D eigenvalue weighted by atomic mass is 9.95. The van der Waals surface area contributed by atoms with Crippen LogP contribution < -0.4 is 0 Å². The van der Waals surface area contributed by atoms with Gasteiger partial charge in [-0.3, -0.25) is 0 Å². The molecule has 0 aromatic heterocycles. The van der Waals surface area contributed by atoms with E-state index in [0.717, 1.165) is 27.1 Å². The quantitative estimate of drug-likeness (QED) is 0.293. The number of rotatable bonds is 3. The van der Waals surface area contributed by atoms with Gasteiger partial charge in [0.2, 0.25) is 0 Å². The van der Waals surface area contributed by atoms with E-state index >= 15 is 0 Å². The first-order chi connectivity index (χ1) is 13.2. The molecule has 0 atom stereocenters. The molecule has 0 radical (unpaired) electrons. The molecule has 27 heavy (non-hydrogen) atoms. The van der Waals surface area contributed by atoms with Crippen molar-refractivity contribution in [1.29, 1.82) is 0 Å². The van der Waals surface area contributed by atoms with Crippen molar-refractivity contribution in [2.45, 2.75) is 0 Å². The lowest BCUT2D eigenvalue weighted by molar-refractivity contribution is 0.0597. The first-order valence-corrected chi connectivity index (χ1v) is 8.68. The number of hydrogen-bond acceptors (Lipinski definition) is 3. The molecule has 4 rings (SSSR count). The van der Waals surface area contributed by atoms with Crippen LogP contribution in [-0.2, 0) is 4.74 Å². The summed E-state index contributed by atoms with van der Waals surface area (Å²) in [6.45, 7) is 0. The average molecular weight is 354 g/mol. The summed E-state index contributed by atoms with van der Waals surface area (Å²) in [6, 6.07) is 23.6. The highest BCUT2D eigenvalue weighted by molar-refractivity contribution is 6.08. The summed E-state index contributed by atoms with van der Waals surface area (Å²) >= 11 is 0. The molecule has 4 aromatic rings. The summed E-state index contributed by atoms with van der Waals surface area (Å²) in [5.41, 5.74) is 1.85. The zero-order valence-corrected chi connectivity index (χ0v) is 14.8. The average Bonchev–Trinajstić information content (AvgIpc) is 2.70. The zero-order chi connectivity index (χ0) is 18.8. The Bertz CT molecular complexity index is 1130. The molecule has 0 unspecified atom stereocenters. The predicted molar refractivity (Wildman–Crippen MR) is 110 cm³/mol. The minimum absolute atomic E-state index is 0.0909. The van der Waals surface area contributed by atoms with Gasteiger partial charge < -0.3 is 9.84 Å².